The number of benzene rings is 1. The molecule has 0 fully saturated rings. The molecule has 0 heterocycles. The number of aliphatic carboxylic acids is 1. The zero-order chi connectivity index (χ0) is 15.1. The van der Waals surface area contributed by atoms with Crippen LogP contribution in [0.5, 0.6) is 5.75 Å². The predicted octanol–water partition coefficient (Wildman–Crippen LogP) is 3.12. The zero-order valence-corrected chi connectivity index (χ0v) is 11.4. The molecule has 6 heteroatoms. The number of carboxylic acid groups (broad SMARTS) is 1. The molecule has 0 spiro atoms. The number of carbonyl (C=O) groups is 1. The molecule has 1 rings (SSSR count). The normalized spacial score (nSPS) is 12.3. The first-order valence-electron chi connectivity index (χ1n) is 6.26. The summed E-state index contributed by atoms with van der Waals surface area (Å²) in [5.41, 5.74) is 0.415. The molecule has 0 saturated carbocycles. The van der Waals surface area contributed by atoms with Gasteiger partial charge in [-0.3, -0.25) is 10.1 Å². The van der Waals surface area contributed by atoms with Crippen LogP contribution < -0.4 is 4.74 Å². The Morgan fingerprint density at radius 1 is 1.55 bits per heavy atom. The van der Waals surface area contributed by atoms with Gasteiger partial charge in [0.05, 0.1) is 11.5 Å². The van der Waals surface area contributed by atoms with Crippen molar-refractivity contribution in [3.63, 3.8) is 0 Å². The molecule has 108 valence electrons. The Labute approximate surface area is 116 Å². The van der Waals surface area contributed by atoms with Crippen LogP contribution in [-0.2, 0) is 4.79 Å². The predicted molar refractivity (Wildman–Crippen MR) is 74.7 cm³/mol. The summed E-state index contributed by atoms with van der Waals surface area (Å²) in [6, 6.07) is 4.26. The Morgan fingerprint density at radius 3 is 2.80 bits per heavy atom. The number of rotatable bonds is 7. The van der Waals surface area contributed by atoms with E-state index in [2.05, 4.69) is 0 Å². The molecule has 0 saturated heterocycles. The van der Waals surface area contributed by atoms with Crippen molar-refractivity contribution in [2.75, 3.05) is 6.61 Å². The minimum Gasteiger partial charge on any atom is -0.487 e. The van der Waals surface area contributed by atoms with Crippen LogP contribution in [0.15, 0.2) is 24.3 Å². The summed E-state index contributed by atoms with van der Waals surface area (Å²) in [6.45, 7) is 4.37. The summed E-state index contributed by atoms with van der Waals surface area (Å²) in [6.07, 6.45) is 3.24. The summed E-state index contributed by atoms with van der Waals surface area (Å²) >= 11 is 0. The maximum atomic E-state index is 10.9. The van der Waals surface area contributed by atoms with Crippen molar-refractivity contribution in [2.45, 2.75) is 20.3 Å². The van der Waals surface area contributed by atoms with Gasteiger partial charge >= 0.3 is 11.7 Å². The topological polar surface area (TPSA) is 89.7 Å². The molecule has 1 N–H and O–H groups in total. The molecule has 0 aliphatic heterocycles. The second-order valence-electron chi connectivity index (χ2n) is 4.48. The van der Waals surface area contributed by atoms with E-state index in [1.807, 2.05) is 13.8 Å². The first-order chi connectivity index (χ1) is 9.43. The highest BCUT2D eigenvalue weighted by molar-refractivity contribution is 5.85. The smallest absolute Gasteiger partial charge is 0.328 e. The largest absolute Gasteiger partial charge is 0.487 e. The average molecular weight is 279 g/mol. The van der Waals surface area contributed by atoms with Crippen molar-refractivity contribution in [2.24, 2.45) is 5.92 Å². The van der Waals surface area contributed by atoms with Crippen molar-refractivity contribution < 1.29 is 19.6 Å². The van der Waals surface area contributed by atoms with Gasteiger partial charge in [0.25, 0.3) is 0 Å². The van der Waals surface area contributed by atoms with Crippen molar-refractivity contribution in [3.05, 3.63) is 40.0 Å². The Balaban J connectivity index is 2.99. The summed E-state index contributed by atoms with van der Waals surface area (Å²) in [7, 11) is 0. The second-order valence-corrected chi connectivity index (χ2v) is 4.48. The van der Waals surface area contributed by atoms with Crippen molar-refractivity contribution in [1.29, 1.82) is 0 Å². The van der Waals surface area contributed by atoms with Gasteiger partial charge in [-0.15, -0.1) is 0 Å². The number of hydrogen-bond donors (Lipinski definition) is 1. The van der Waals surface area contributed by atoms with E-state index in [1.165, 1.54) is 24.3 Å². The molecule has 1 atom stereocenters. The third-order valence-electron chi connectivity index (χ3n) is 2.82. The van der Waals surface area contributed by atoms with Gasteiger partial charge in [0.2, 0.25) is 0 Å². The first-order valence-corrected chi connectivity index (χ1v) is 6.26. The van der Waals surface area contributed by atoms with Crippen LogP contribution in [0, 0.1) is 16.0 Å². The van der Waals surface area contributed by atoms with Crippen LogP contribution >= 0.6 is 0 Å². The van der Waals surface area contributed by atoms with Crippen LogP contribution in [-0.4, -0.2) is 22.6 Å². The maximum Gasteiger partial charge on any atom is 0.328 e. The van der Waals surface area contributed by atoms with Gasteiger partial charge in [0.15, 0.2) is 5.75 Å². The molecule has 20 heavy (non-hydrogen) atoms. The molecule has 1 unspecified atom stereocenters. The van der Waals surface area contributed by atoms with Crippen LogP contribution in [0.2, 0.25) is 0 Å². The van der Waals surface area contributed by atoms with Crippen molar-refractivity contribution in [3.8, 4) is 5.75 Å². The Kier molecular flexibility index (Phi) is 5.71. The van der Waals surface area contributed by atoms with Gasteiger partial charge in [-0.25, -0.2) is 4.79 Å². The van der Waals surface area contributed by atoms with Gasteiger partial charge < -0.3 is 9.84 Å². The fourth-order valence-electron chi connectivity index (χ4n) is 1.42. The molecule has 0 radical (unpaired) electrons. The molecule has 0 amide bonds. The van der Waals surface area contributed by atoms with E-state index in [-0.39, 0.29) is 17.4 Å². The molecule has 0 aliphatic rings. The lowest BCUT2D eigenvalue weighted by molar-refractivity contribution is -0.385. The third-order valence-corrected chi connectivity index (χ3v) is 2.82. The Hall–Kier alpha value is -2.37. The van der Waals surface area contributed by atoms with Gasteiger partial charge in [-0.1, -0.05) is 20.3 Å². The average Bonchev–Trinajstić information content (AvgIpc) is 2.42. The fourth-order valence-corrected chi connectivity index (χ4v) is 1.42. The Morgan fingerprint density at radius 2 is 2.25 bits per heavy atom. The second kappa shape index (κ2) is 7.28. The first kappa shape index (κ1) is 15.7. The molecular formula is C14H17NO5. The molecule has 0 bridgehead atoms. The van der Waals surface area contributed by atoms with Crippen LogP contribution in [0.1, 0.15) is 25.8 Å². The molecular weight excluding hydrogens is 262 g/mol. The lowest BCUT2D eigenvalue weighted by Gasteiger charge is -2.11. The number of carboxylic acids is 1. The number of nitro benzene ring substituents is 1. The number of hydrogen-bond acceptors (Lipinski definition) is 4. The maximum absolute atomic E-state index is 10.9. The summed E-state index contributed by atoms with van der Waals surface area (Å²) in [4.78, 5) is 20.9. The lowest BCUT2D eigenvalue weighted by atomic mass is 10.1. The number of ether oxygens (including phenoxy) is 1. The van der Waals surface area contributed by atoms with E-state index in [0.717, 1.165) is 12.5 Å². The summed E-state index contributed by atoms with van der Waals surface area (Å²) in [5, 5.41) is 19.5. The number of nitro groups is 1. The lowest BCUT2D eigenvalue weighted by Crippen LogP contribution is -2.08. The quantitative estimate of drug-likeness (QED) is 0.470. The monoisotopic (exact) mass is 279 g/mol. The SMILES string of the molecule is CCC(C)COc1cc(C=CC(=O)O)ccc1[N+](=O)[O-]. The van der Waals surface area contributed by atoms with E-state index in [0.29, 0.717) is 12.2 Å². The molecule has 6 nitrogen and oxygen atoms in total. The van der Waals surface area contributed by atoms with Crippen LogP contribution in [0.4, 0.5) is 5.69 Å². The van der Waals surface area contributed by atoms with E-state index in [4.69, 9.17) is 9.84 Å². The van der Waals surface area contributed by atoms with Gasteiger partial charge in [0, 0.05) is 12.1 Å². The molecule has 1 aromatic rings. The van der Waals surface area contributed by atoms with E-state index >= 15 is 0 Å². The molecule has 0 aliphatic carbocycles. The standard InChI is InChI=1S/C14H17NO5/c1-3-10(2)9-20-13-8-11(5-7-14(16)17)4-6-12(13)15(18)19/h4-8,10H,3,9H2,1-2H3,(H,16,17). The van der Waals surface area contributed by atoms with E-state index in [9.17, 15) is 14.9 Å². The van der Waals surface area contributed by atoms with Gasteiger partial charge in [0.1, 0.15) is 0 Å². The Bertz CT molecular complexity index is 524. The summed E-state index contributed by atoms with van der Waals surface area (Å²) < 4.78 is 5.48. The zero-order valence-electron chi connectivity index (χ0n) is 11.4. The van der Waals surface area contributed by atoms with Crippen LogP contribution in [0.25, 0.3) is 6.08 Å². The minimum absolute atomic E-state index is 0.124. The molecule has 1 aromatic carbocycles. The number of nitrogens with zero attached hydrogens (tertiary/aromatic N) is 1. The minimum atomic E-state index is -1.08. The highest BCUT2D eigenvalue weighted by Gasteiger charge is 2.16. The highest BCUT2D eigenvalue weighted by atomic mass is 16.6. The third kappa shape index (κ3) is 4.72. The fraction of sp³-hybridized carbons (Fsp3) is 0.357. The van der Waals surface area contributed by atoms with Crippen LogP contribution in [0.3, 0.4) is 0 Å². The van der Waals surface area contributed by atoms with E-state index < -0.39 is 10.9 Å². The van der Waals surface area contributed by atoms with E-state index in [1.54, 1.807) is 0 Å². The van der Waals surface area contributed by atoms with Crippen molar-refractivity contribution in [1.82, 2.24) is 0 Å². The van der Waals surface area contributed by atoms with Crippen molar-refractivity contribution >= 4 is 17.7 Å². The highest BCUT2D eigenvalue weighted by Crippen LogP contribution is 2.29. The molecule has 0 aromatic heterocycles. The van der Waals surface area contributed by atoms with Gasteiger partial charge in [-0.2, -0.15) is 0 Å². The summed E-state index contributed by atoms with van der Waals surface area (Å²) in [5.74, 6) is -0.638. The van der Waals surface area contributed by atoms with Gasteiger partial charge in [-0.05, 0) is 29.7 Å².